The lowest BCUT2D eigenvalue weighted by Crippen LogP contribution is -2.43. The minimum absolute atomic E-state index is 0.245. The third kappa shape index (κ3) is 6.52. The van der Waals surface area contributed by atoms with E-state index in [0.717, 1.165) is 37.9 Å². The number of aliphatic hydroxyl groups is 1. The molecule has 1 aliphatic rings. The van der Waals surface area contributed by atoms with Crippen molar-refractivity contribution in [3.63, 3.8) is 0 Å². The lowest BCUT2D eigenvalue weighted by atomic mass is 9.88. The van der Waals surface area contributed by atoms with Gasteiger partial charge >= 0.3 is 6.09 Å². The van der Waals surface area contributed by atoms with Gasteiger partial charge in [0.1, 0.15) is 11.4 Å². The van der Waals surface area contributed by atoms with Gasteiger partial charge in [0.2, 0.25) is 0 Å². The van der Waals surface area contributed by atoms with Crippen molar-refractivity contribution in [2.75, 3.05) is 20.2 Å². The Morgan fingerprint density at radius 2 is 1.85 bits per heavy atom. The highest BCUT2D eigenvalue weighted by molar-refractivity contribution is 5.68. The Morgan fingerprint density at radius 1 is 1.23 bits per heavy atom. The molecule has 26 heavy (non-hydrogen) atoms. The minimum Gasteiger partial charge on any atom is -0.497 e. The monoisotopic (exact) mass is 363 g/mol. The summed E-state index contributed by atoms with van der Waals surface area (Å²) in [6.07, 6.45) is 3.84. The Labute approximate surface area is 157 Å². The van der Waals surface area contributed by atoms with Crippen LogP contribution in [0.3, 0.4) is 0 Å². The van der Waals surface area contributed by atoms with Crippen LogP contribution in [-0.2, 0) is 11.2 Å². The predicted molar refractivity (Wildman–Crippen MR) is 102 cm³/mol. The molecule has 1 aromatic rings. The second kappa shape index (κ2) is 9.26. The molecule has 1 atom stereocenters. The van der Waals surface area contributed by atoms with E-state index < -0.39 is 5.60 Å². The number of hydrogen-bond donors (Lipinski definition) is 1. The highest BCUT2D eigenvalue weighted by Gasteiger charge is 2.29. The van der Waals surface area contributed by atoms with E-state index in [1.165, 1.54) is 5.56 Å². The number of piperidine rings is 1. The molecule has 146 valence electrons. The number of ether oxygens (including phenoxy) is 2. The van der Waals surface area contributed by atoms with E-state index in [9.17, 15) is 9.90 Å². The van der Waals surface area contributed by atoms with Crippen molar-refractivity contribution in [2.45, 2.75) is 64.6 Å². The topological polar surface area (TPSA) is 59.0 Å². The van der Waals surface area contributed by atoms with E-state index in [-0.39, 0.29) is 18.1 Å². The molecule has 0 saturated carbocycles. The maximum absolute atomic E-state index is 12.1. The Kier molecular flexibility index (Phi) is 7.33. The molecule has 1 unspecified atom stereocenters. The highest BCUT2D eigenvalue weighted by atomic mass is 16.6. The summed E-state index contributed by atoms with van der Waals surface area (Å²) in [5.41, 5.74) is 0.798. The number of methoxy groups -OCH3 is 1. The van der Waals surface area contributed by atoms with Gasteiger partial charge in [0, 0.05) is 13.1 Å². The fourth-order valence-corrected chi connectivity index (χ4v) is 3.34. The average Bonchev–Trinajstić information content (AvgIpc) is 2.61. The Balaban J connectivity index is 1.69. The summed E-state index contributed by atoms with van der Waals surface area (Å²) in [7, 11) is 1.67. The number of aryl methyl sites for hydroxylation is 1. The van der Waals surface area contributed by atoms with Crippen LogP contribution in [0.2, 0.25) is 0 Å². The van der Waals surface area contributed by atoms with Gasteiger partial charge in [0.25, 0.3) is 0 Å². The largest absolute Gasteiger partial charge is 0.497 e. The summed E-state index contributed by atoms with van der Waals surface area (Å²) >= 11 is 0. The van der Waals surface area contributed by atoms with Crippen LogP contribution in [0.25, 0.3) is 0 Å². The van der Waals surface area contributed by atoms with Crippen LogP contribution >= 0.6 is 0 Å². The highest BCUT2D eigenvalue weighted by Crippen LogP contribution is 2.25. The SMILES string of the molecule is COc1ccc(CCCC(O)C2CCN(C(=O)OC(C)(C)C)CC2)cc1. The number of carbonyl (C=O) groups is 1. The molecule has 5 heteroatoms. The van der Waals surface area contributed by atoms with Gasteiger partial charge in [-0.2, -0.15) is 0 Å². The normalized spacial score (nSPS) is 17.0. The number of likely N-dealkylation sites (tertiary alicyclic amines) is 1. The third-order valence-corrected chi connectivity index (χ3v) is 4.86. The summed E-state index contributed by atoms with van der Waals surface area (Å²) in [5, 5.41) is 10.5. The molecule has 1 N–H and O–H groups in total. The van der Waals surface area contributed by atoms with Crippen molar-refractivity contribution in [3.05, 3.63) is 29.8 Å². The summed E-state index contributed by atoms with van der Waals surface area (Å²) in [5.74, 6) is 1.13. The third-order valence-electron chi connectivity index (χ3n) is 4.86. The van der Waals surface area contributed by atoms with Crippen LogP contribution in [0, 0.1) is 5.92 Å². The zero-order chi connectivity index (χ0) is 19.2. The number of hydrogen-bond acceptors (Lipinski definition) is 4. The van der Waals surface area contributed by atoms with Gasteiger partial charge in [-0.25, -0.2) is 4.79 Å². The minimum atomic E-state index is -0.463. The Hall–Kier alpha value is -1.75. The Morgan fingerprint density at radius 3 is 2.38 bits per heavy atom. The molecule has 0 bridgehead atoms. The molecule has 5 nitrogen and oxygen atoms in total. The molecular formula is C21H33NO4. The first-order valence-electron chi connectivity index (χ1n) is 9.57. The summed E-state index contributed by atoms with van der Waals surface area (Å²) in [6, 6.07) is 8.09. The first-order valence-corrected chi connectivity index (χ1v) is 9.57. The Bertz CT molecular complexity index is 556. The second-order valence-electron chi connectivity index (χ2n) is 8.11. The molecule has 1 saturated heterocycles. The maximum Gasteiger partial charge on any atom is 0.410 e. The number of nitrogens with zero attached hydrogens (tertiary/aromatic N) is 1. The van der Waals surface area contributed by atoms with E-state index in [4.69, 9.17) is 9.47 Å². The number of rotatable bonds is 6. The lowest BCUT2D eigenvalue weighted by molar-refractivity contribution is 0.00665. The van der Waals surface area contributed by atoms with Crippen molar-refractivity contribution in [1.29, 1.82) is 0 Å². The lowest BCUT2D eigenvalue weighted by Gasteiger charge is -2.35. The van der Waals surface area contributed by atoms with Gasteiger partial charge in [0.15, 0.2) is 0 Å². The first-order chi connectivity index (χ1) is 12.3. The average molecular weight is 363 g/mol. The molecule has 0 spiro atoms. The zero-order valence-electron chi connectivity index (χ0n) is 16.5. The van der Waals surface area contributed by atoms with E-state index >= 15 is 0 Å². The predicted octanol–water partition coefficient (Wildman–Crippen LogP) is 4.03. The maximum atomic E-state index is 12.1. The van der Waals surface area contributed by atoms with Crippen LogP contribution < -0.4 is 4.74 Å². The molecule has 0 aromatic heterocycles. The fourth-order valence-electron chi connectivity index (χ4n) is 3.34. The standard InChI is InChI=1S/C21H33NO4/c1-21(2,3)26-20(24)22-14-12-17(13-15-22)19(23)7-5-6-16-8-10-18(25-4)11-9-16/h8-11,17,19,23H,5-7,12-15H2,1-4H3. The molecule has 1 aromatic carbocycles. The second-order valence-corrected chi connectivity index (χ2v) is 8.11. The molecule has 1 heterocycles. The van der Waals surface area contributed by atoms with Crippen molar-refractivity contribution < 1.29 is 19.4 Å². The molecule has 1 amide bonds. The van der Waals surface area contributed by atoms with Gasteiger partial charge in [-0.05, 0) is 76.5 Å². The van der Waals surface area contributed by atoms with Crippen LogP contribution in [0.5, 0.6) is 5.75 Å². The van der Waals surface area contributed by atoms with Gasteiger partial charge in [0.05, 0.1) is 13.2 Å². The van der Waals surface area contributed by atoms with Crippen LogP contribution in [0.1, 0.15) is 52.0 Å². The van der Waals surface area contributed by atoms with Crippen molar-refractivity contribution in [3.8, 4) is 5.75 Å². The molecule has 1 fully saturated rings. The summed E-state index contributed by atoms with van der Waals surface area (Å²) in [6.45, 7) is 6.96. The quantitative estimate of drug-likeness (QED) is 0.829. The zero-order valence-corrected chi connectivity index (χ0v) is 16.5. The molecule has 0 aliphatic carbocycles. The molecular weight excluding hydrogens is 330 g/mol. The van der Waals surface area contributed by atoms with Gasteiger partial charge in [-0.1, -0.05) is 12.1 Å². The van der Waals surface area contributed by atoms with Crippen LogP contribution in [-0.4, -0.2) is 48.0 Å². The van der Waals surface area contributed by atoms with Crippen molar-refractivity contribution in [1.82, 2.24) is 4.90 Å². The van der Waals surface area contributed by atoms with E-state index in [1.807, 2.05) is 32.9 Å². The van der Waals surface area contributed by atoms with Gasteiger partial charge < -0.3 is 19.5 Å². The van der Waals surface area contributed by atoms with Crippen molar-refractivity contribution in [2.24, 2.45) is 5.92 Å². The van der Waals surface area contributed by atoms with E-state index in [0.29, 0.717) is 13.1 Å². The van der Waals surface area contributed by atoms with E-state index in [2.05, 4.69) is 12.1 Å². The fraction of sp³-hybridized carbons (Fsp3) is 0.667. The van der Waals surface area contributed by atoms with Gasteiger partial charge in [-0.3, -0.25) is 0 Å². The number of benzene rings is 1. The van der Waals surface area contributed by atoms with Crippen molar-refractivity contribution >= 4 is 6.09 Å². The van der Waals surface area contributed by atoms with Gasteiger partial charge in [-0.15, -0.1) is 0 Å². The summed E-state index contributed by atoms with van der Waals surface area (Å²) < 4.78 is 10.6. The van der Waals surface area contributed by atoms with E-state index in [1.54, 1.807) is 12.0 Å². The van der Waals surface area contributed by atoms with Crippen LogP contribution in [0.15, 0.2) is 24.3 Å². The number of amides is 1. The van der Waals surface area contributed by atoms with Crippen LogP contribution in [0.4, 0.5) is 4.79 Å². The molecule has 2 rings (SSSR count). The smallest absolute Gasteiger partial charge is 0.410 e. The molecule has 0 radical (unpaired) electrons. The summed E-state index contributed by atoms with van der Waals surface area (Å²) in [4.78, 5) is 13.9. The number of carbonyl (C=O) groups excluding carboxylic acids is 1. The number of aliphatic hydroxyl groups excluding tert-OH is 1. The molecule has 1 aliphatic heterocycles. The first kappa shape index (κ1) is 20.6.